The monoisotopic (exact) mass is 208 g/mol. The first-order valence-electron chi connectivity index (χ1n) is 5.58. The largest absolute Gasteiger partial charge is 0.0785 e. The van der Waals surface area contributed by atoms with E-state index in [9.17, 15) is 0 Å². The SMILES string of the molecule is CCCCc1ccccc1P(C)CC. The van der Waals surface area contributed by atoms with Crippen molar-refractivity contribution in [3.8, 4) is 0 Å². The first-order chi connectivity index (χ1) is 6.79. The molecule has 0 N–H and O–H groups in total. The molecular weight excluding hydrogens is 187 g/mol. The van der Waals surface area contributed by atoms with Crippen LogP contribution in [0.5, 0.6) is 0 Å². The molecule has 1 rings (SSSR count). The maximum absolute atomic E-state index is 2.39. The van der Waals surface area contributed by atoms with E-state index in [0.29, 0.717) is 0 Å². The van der Waals surface area contributed by atoms with Crippen LogP contribution in [0, 0.1) is 0 Å². The van der Waals surface area contributed by atoms with Crippen molar-refractivity contribution in [2.45, 2.75) is 33.1 Å². The minimum Gasteiger partial charge on any atom is -0.0785 e. The second-order valence-corrected chi connectivity index (χ2v) is 6.26. The Morgan fingerprint density at radius 3 is 2.50 bits per heavy atom. The Labute approximate surface area is 89.5 Å². The van der Waals surface area contributed by atoms with Gasteiger partial charge in [0.25, 0.3) is 0 Å². The molecule has 0 heterocycles. The third kappa shape index (κ3) is 3.10. The highest BCUT2D eigenvalue weighted by Gasteiger charge is 2.06. The molecule has 0 nitrogen and oxygen atoms in total. The van der Waals surface area contributed by atoms with Gasteiger partial charge in [-0.15, -0.1) is 0 Å². The van der Waals surface area contributed by atoms with Crippen molar-refractivity contribution in [2.24, 2.45) is 0 Å². The maximum atomic E-state index is 2.39. The van der Waals surface area contributed by atoms with Gasteiger partial charge in [0.2, 0.25) is 0 Å². The predicted molar refractivity (Wildman–Crippen MR) is 68.1 cm³/mol. The summed E-state index contributed by atoms with van der Waals surface area (Å²) in [5.41, 5.74) is 1.59. The minimum atomic E-state index is 0.0892. The van der Waals surface area contributed by atoms with Gasteiger partial charge in [-0.25, -0.2) is 0 Å². The zero-order valence-electron chi connectivity index (χ0n) is 9.59. The fraction of sp³-hybridized carbons (Fsp3) is 0.538. The molecule has 0 fully saturated rings. The smallest absolute Gasteiger partial charge is 0.0211 e. The molecule has 14 heavy (non-hydrogen) atoms. The molecule has 0 spiro atoms. The summed E-state index contributed by atoms with van der Waals surface area (Å²) in [4.78, 5) is 0. The molecule has 0 bridgehead atoms. The van der Waals surface area contributed by atoms with Gasteiger partial charge in [0.15, 0.2) is 0 Å². The van der Waals surface area contributed by atoms with Crippen molar-refractivity contribution >= 4 is 13.2 Å². The summed E-state index contributed by atoms with van der Waals surface area (Å²) in [5.74, 6) is 0. The van der Waals surface area contributed by atoms with Crippen LogP contribution in [-0.2, 0) is 6.42 Å². The van der Waals surface area contributed by atoms with Crippen LogP contribution >= 0.6 is 7.92 Å². The van der Waals surface area contributed by atoms with Crippen LogP contribution < -0.4 is 5.30 Å². The highest BCUT2D eigenvalue weighted by Crippen LogP contribution is 2.30. The average Bonchev–Trinajstić information content (AvgIpc) is 2.25. The molecule has 0 aromatic heterocycles. The Hall–Kier alpha value is -0.350. The Bertz CT molecular complexity index is 268. The van der Waals surface area contributed by atoms with Gasteiger partial charge in [-0.05, 0) is 36.5 Å². The van der Waals surface area contributed by atoms with Gasteiger partial charge >= 0.3 is 0 Å². The van der Waals surface area contributed by atoms with E-state index in [2.05, 4.69) is 44.8 Å². The zero-order chi connectivity index (χ0) is 10.4. The Morgan fingerprint density at radius 2 is 1.86 bits per heavy atom. The number of rotatable bonds is 5. The molecule has 0 radical (unpaired) electrons. The molecule has 1 aromatic carbocycles. The maximum Gasteiger partial charge on any atom is -0.0211 e. The van der Waals surface area contributed by atoms with Crippen LogP contribution in [-0.4, -0.2) is 12.8 Å². The molecule has 0 aliphatic rings. The topological polar surface area (TPSA) is 0 Å². The molecule has 1 unspecified atom stereocenters. The number of aryl methyl sites for hydroxylation is 1. The summed E-state index contributed by atoms with van der Waals surface area (Å²) in [6.45, 7) is 6.94. The van der Waals surface area contributed by atoms with E-state index in [0.717, 1.165) is 0 Å². The number of benzene rings is 1. The molecule has 1 heteroatoms. The van der Waals surface area contributed by atoms with Crippen LogP contribution in [0.3, 0.4) is 0 Å². The van der Waals surface area contributed by atoms with E-state index < -0.39 is 0 Å². The van der Waals surface area contributed by atoms with Gasteiger partial charge in [0.05, 0.1) is 0 Å². The Balaban J connectivity index is 2.79. The average molecular weight is 208 g/mol. The lowest BCUT2D eigenvalue weighted by Crippen LogP contribution is -2.08. The van der Waals surface area contributed by atoms with Gasteiger partial charge in [0.1, 0.15) is 0 Å². The highest BCUT2D eigenvalue weighted by molar-refractivity contribution is 7.64. The van der Waals surface area contributed by atoms with Gasteiger partial charge in [0, 0.05) is 0 Å². The molecule has 0 aliphatic carbocycles. The molecule has 0 saturated carbocycles. The lowest BCUT2D eigenvalue weighted by molar-refractivity contribution is 0.798. The van der Waals surface area contributed by atoms with Crippen LogP contribution in [0.4, 0.5) is 0 Å². The summed E-state index contributed by atoms with van der Waals surface area (Å²) in [7, 11) is 0.0892. The van der Waals surface area contributed by atoms with Gasteiger partial charge in [-0.3, -0.25) is 0 Å². The molecule has 1 aromatic rings. The minimum absolute atomic E-state index is 0.0892. The van der Waals surface area contributed by atoms with Crippen molar-refractivity contribution in [2.75, 3.05) is 12.8 Å². The molecular formula is C13H21P. The van der Waals surface area contributed by atoms with E-state index in [-0.39, 0.29) is 7.92 Å². The van der Waals surface area contributed by atoms with Crippen molar-refractivity contribution < 1.29 is 0 Å². The second kappa shape index (κ2) is 6.19. The summed E-state index contributed by atoms with van der Waals surface area (Å²) < 4.78 is 0. The van der Waals surface area contributed by atoms with Crippen LogP contribution in [0.2, 0.25) is 0 Å². The summed E-state index contributed by atoms with van der Waals surface area (Å²) in [6.07, 6.45) is 5.18. The Morgan fingerprint density at radius 1 is 1.14 bits per heavy atom. The lowest BCUT2D eigenvalue weighted by Gasteiger charge is -2.14. The summed E-state index contributed by atoms with van der Waals surface area (Å²) >= 11 is 0. The molecule has 1 atom stereocenters. The van der Waals surface area contributed by atoms with E-state index in [4.69, 9.17) is 0 Å². The van der Waals surface area contributed by atoms with Crippen LogP contribution in [0.1, 0.15) is 32.3 Å². The van der Waals surface area contributed by atoms with Gasteiger partial charge in [-0.2, -0.15) is 0 Å². The highest BCUT2D eigenvalue weighted by atomic mass is 31.1. The molecule has 0 amide bonds. The molecule has 78 valence electrons. The Kier molecular flexibility index (Phi) is 5.19. The fourth-order valence-corrected chi connectivity index (χ4v) is 2.99. The third-order valence-electron chi connectivity index (χ3n) is 2.68. The number of unbranched alkanes of at least 4 members (excludes halogenated alkanes) is 1. The number of hydrogen-bond donors (Lipinski definition) is 0. The molecule has 0 saturated heterocycles. The van der Waals surface area contributed by atoms with Crippen molar-refractivity contribution in [1.82, 2.24) is 0 Å². The summed E-state index contributed by atoms with van der Waals surface area (Å²) in [6, 6.07) is 8.98. The zero-order valence-corrected chi connectivity index (χ0v) is 10.5. The third-order valence-corrected chi connectivity index (χ3v) is 4.88. The first kappa shape index (κ1) is 11.7. The van der Waals surface area contributed by atoms with E-state index in [1.165, 1.54) is 25.4 Å². The van der Waals surface area contributed by atoms with Crippen LogP contribution in [0.15, 0.2) is 24.3 Å². The quantitative estimate of drug-likeness (QED) is 0.646. The summed E-state index contributed by atoms with van der Waals surface area (Å²) in [5, 5.41) is 1.62. The normalized spacial score (nSPS) is 12.8. The van der Waals surface area contributed by atoms with Gasteiger partial charge in [-0.1, -0.05) is 52.5 Å². The fourth-order valence-electron chi connectivity index (χ4n) is 1.63. The first-order valence-corrected chi connectivity index (χ1v) is 7.56. The number of hydrogen-bond acceptors (Lipinski definition) is 0. The lowest BCUT2D eigenvalue weighted by atomic mass is 10.1. The standard InChI is InChI=1S/C13H21P/c1-4-6-9-12-10-7-8-11-13(12)14(3)5-2/h7-8,10-11H,4-6,9H2,1-3H3. The predicted octanol–water partition coefficient (Wildman–Crippen LogP) is 3.79. The van der Waals surface area contributed by atoms with E-state index in [1.807, 2.05) is 0 Å². The second-order valence-electron chi connectivity index (χ2n) is 3.75. The van der Waals surface area contributed by atoms with Gasteiger partial charge < -0.3 is 0 Å². The van der Waals surface area contributed by atoms with Crippen molar-refractivity contribution in [3.63, 3.8) is 0 Å². The van der Waals surface area contributed by atoms with Crippen LogP contribution in [0.25, 0.3) is 0 Å². The van der Waals surface area contributed by atoms with E-state index in [1.54, 1.807) is 10.9 Å². The van der Waals surface area contributed by atoms with Crippen molar-refractivity contribution in [3.05, 3.63) is 29.8 Å². The van der Waals surface area contributed by atoms with Crippen molar-refractivity contribution in [1.29, 1.82) is 0 Å². The molecule has 0 aliphatic heterocycles. The van der Waals surface area contributed by atoms with E-state index >= 15 is 0 Å².